The molecule has 1 heterocycles. The number of fused-ring (bicyclic) bond motifs is 1. The van der Waals surface area contributed by atoms with Crippen LogP contribution in [0.1, 0.15) is 41.4 Å². The predicted molar refractivity (Wildman–Crippen MR) is 75.2 cm³/mol. The topological polar surface area (TPSA) is 50.2 Å². The summed E-state index contributed by atoms with van der Waals surface area (Å²) < 4.78 is 13.9. The second-order valence-corrected chi connectivity index (χ2v) is 5.60. The van der Waals surface area contributed by atoms with E-state index in [9.17, 15) is 14.3 Å². The Hall–Kier alpha value is -1.49. The van der Waals surface area contributed by atoms with E-state index in [1.165, 1.54) is 12.1 Å². The Labute approximate surface area is 118 Å². The lowest BCUT2D eigenvalue weighted by Crippen LogP contribution is -2.08. The Morgan fingerprint density at radius 1 is 1.42 bits per heavy atom. The minimum Gasteiger partial charge on any atom is -0.478 e. The molecule has 100 valence electrons. The lowest BCUT2D eigenvalue weighted by atomic mass is 9.96. The molecule has 0 aliphatic rings. The molecule has 0 saturated heterocycles. The summed E-state index contributed by atoms with van der Waals surface area (Å²) in [5, 5.41) is 9.71. The van der Waals surface area contributed by atoms with Crippen molar-refractivity contribution in [3.8, 4) is 0 Å². The fourth-order valence-corrected chi connectivity index (χ4v) is 2.76. The SMILES string of the molecule is Cc1c(C(C)C)nc2c(Br)cc(F)cc2c1C(=O)O. The summed E-state index contributed by atoms with van der Waals surface area (Å²) in [7, 11) is 0. The van der Waals surface area contributed by atoms with Gasteiger partial charge in [0.25, 0.3) is 0 Å². The number of nitrogens with zero attached hydrogens (tertiary/aromatic N) is 1. The quantitative estimate of drug-likeness (QED) is 0.897. The number of pyridine rings is 1. The van der Waals surface area contributed by atoms with Crippen molar-refractivity contribution < 1.29 is 14.3 Å². The average Bonchev–Trinajstić information content (AvgIpc) is 2.26. The number of halogens is 2. The number of hydrogen-bond donors (Lipinski definition) is 1. The molecule has 1 N–H and O–H groups in total. The summed E-state index contributed by atoms with van der Waals surface area (Å²) in [5.41, 5.74) is 1.91. The highest BCUT2D eigenvalue weighted by Gasteiger charge is 2.20. The predicted octanol–water partition coefficient (Wildman–Crippen LogP) is 4.27. The molecule has 3 nitrogen and oxygen atoms in total. The van der Waals surface area contributed by atoms with Crippen LogP contribution in [0.25, 0.3) is 10.9 Å². The number of aromatic carboxylic acids is 1. The fraction of sp³-hybridized carbons (Fsp3) is 0.286. The summed E-state index contributed by atoms with van der Waals surface area (Å²) in [6.07, 6.45) is 0. The van der Waals surface area contributed by atoms with Crippen LogP contribution in [-0.4, -0.2) is 16.1 Å². The molecule has 2 aromatic rings. The Morgan fingerprint density at radius 3 is 2.58 bits per heavy atom. The summed E-state index contributed by atoms with van der Waals surface area (Å²) in [5.74, 6) is -1.45. The molecule has 5 heteroatoms. The van der Waals surface area contributed by atoms with Gasteiger partial charge in [-0.15, -0.1) is 0 Å². The summed E-state index contributed by atoms with van der Waals surface area (Å²) in [6.45, 7) is 5.61. The third kappa shape index (κ3) is 2.34. The van der Waals surface area contributed by atoms with E-state index in [0.29, 0.717) is 20.9 Å². The van der Waals surface area contributed by atoms with Crippen LogP contribution >= 0.6 is 15.9 Å². The molecule has 0 spiro atoms. The van der Waals surface area contributed by atoms with Gasteiger partial charge in [0, 0.05) is 15.6 Å². The van der Waals surface area contributed by atoms with Crippen LogP contribution < -0.4 is 0 Å². The fourth-order valence-electron chi connectivity index (χ4n) is 2.24. The monoisotopic (exact) mass is 325 g/mol. The first kappa shape index (κ1) is 13.9. The minimum atomic E-state index is -1.07. The molecule has 0 radical (unpaired) electrons. The first-order valence-corrected chi connectivity index (χ1v) is 6.64. The van der Waals surface area contributed by atoms with Gasteiger partial charge < -0.3 is 5.11 Å². The smallest absolute Gasteiger partial charge is 0.336 e. The number of rotatable bonds is 2. The van der Waals surface area contributed by atoms with Gasteiger partial charge in [0.2, 0.25) is 0 Å². The van der Waals surface area contributed by atoms with Crippen molar-refractivity contribution in [2.24, 2.45) is 0 Å². The molecule has 0 atom stereocenters. The van der Waals surface area contributed by atoms with Crippen LogP contribution in [0.15, 0.2) is 16.6 Å². The van der Waals surface area contributed by atoms with Crippen LogP contribution in [0.4, 0.5) is 4.39 Å². The normalized spacial score (nSPS) is 11.3. The zero-order valence-electron chi connectivity index (χ0n) is 10.8. The maximum Gasteiger partial charge on any atom is 0.336 e. The molecule has 0 aliphatic heterocycles. The van der Waals surface area contributed by atoms with Gasteiger partial charge in [-0.1, -0.05) is 13.8 Å². The van der Waals surface area contributed by atoms with Gasteiger partial charge in [0.05, 0.1) is 11.1 Å². The van der Waals surface area contributed by atoms with Gasteiger partial charge in [-0.2, -0.15) is 0 Å². The van der Waals surface area contributed by atoms with E-state index in [2.05, 4.69) is 20.9 Å². The molecule has 19 heavy (non-hydrogen) atoms. The minimum absolute atomic E-state index is 0.0967. The summed E-state index contributed by atoms with van der Waals surface area (Å²) in [6, 6.07) is 2.51. The maximum atomic E-state index is 13.5. The van der Waals surface area contributed by atoms with E-state index in [1.54, 1.807) is 6.92 Å². The molecule has 0 saturated carbocycles. The highest BCUT2D eigenvalue weighted by molar-refractivity contribution is 9.10. The van der Waals surface area contributed by atoms with E-state index >= 15 is 0 Å². The second kappa shape index (κ2) is 4.89. The first-order valence-electron chi connectivity index (χ1n) is 5.85. The number of aromatic nitrogens is 1. The van der Waals surface area contributed by atoms with Crippen LogP contribution in [0.3, 0.4) is 0 Å². The van der Waals surface area contributed by atoms with Gasteiger partial charge in [-0.05, 0) is 46.5 Å². The Morgan fingerprint density at radius 2 is 2.05 bits per heavy atom. The zero-order valence-corrected chi connectivity index (χ0v) is 12.4. The number of hydrogen-bond acceptors (Lipinski definition) is 2. The maximum absolute atomic E-state index is 13.5. The highest BCUT2D eigenvalue weighted by atomic mass is 79.9. The van der Waals surface area contributed by atoms with Crippen molar-refractivity contribution in [2.45, 2.75) is 26.7 Å². The average molecular weight is 326 g/mol. The lowest BCUT2D eigenvalue weighted by Gasteiger charge is -2.15. The van der Waals surface area contributed by atoms with Crippen molar-refractivity contribution in [3.63, 3.8) is 0 Å². The van der Waals surface area contributed by atoms with Crippen molar-refractivity contribution in [1.29, 1.82) is 0 Å². The van der Waals surface area contributed by atoms with Crippen LogP contribution in [-0.2, 0) is 0 Å². The zero-order chi connectivity index (χ0) is 14.3. The van der Waals surface area contributed by atoms with Crippen LogP contribution in [0.5, 0.6) is 0 Å². The molecule has 0 fully saturated rings. The third-order valence-corrected chi connectivity index (χ3v) is 3.65. The van der Waals surface area contributed by atoms with Gasteiger partial charge >= 0.3 is 5.97 Å². The van der Waals surface area contributed by atoms with E-state index < -0.39 is 11.8 Å². The molecule has 1 aromatic heterocycles. The van der Waals surface area contributed by atoms with Crippen molar-refractivity contribution in [2.75, 3.05) is 0 Å². The molecule has 0 bridgehead atoms. The van der Waals surface area contributed by atoms with Crippen molar-refractivity contribution >= 4 is 32.8 Å². The van der Waals surface area contributed by atoms with Crippen molar-refractivity contribution in [3.05, 3.63) is 39.2 Å². The molecule has 2 rings (SSSR count). The molecule has 1 aromatic carbocycles. The molecular formula is C14H13BrFNO2. The van der Waals surface area contributed by atoms with Crippen LogP contribution in [0, 0.1) is 12.7 Å². The number of benzene rings is 1. The largest absolute Gasteiger partial charge is 0.478 e. The summed E-state index contributed by atoms with van der Waals surface area (Å²) >= 11 is 3.24. The highest BCUT2D eigenvalue weighted by Crippen LogP contribution is 2.32. The number of carboxylic acid groups (broad SMARTS) is 1. The second-order valence-electron chi connectivity index (χ2n) is 4.74. The first-order chi connectivity index (χ1) is 8.82. The van der Waals surface area contributed by atoms with E-state index in [4.69, 9.17) is 0 Å². The Bertz CT molecular complexity index is 683. The van der Waals surface area contributed by atoms with Gasteiger partial charge in [0.1, 0.15) is 5.82 Å². The van der Waals surface area contributed by atoms with Gasteiger partial charge in [0.15, 0.2) is 0 Å². The van der Waals surface area contributed by atoms with E-state index in [-0.39, 0.29) is 11.5 Å². The Kier molecular flexibility index (Phi) is 3.58. The standard InChI is InChI=1S/C14H13BrFNO2/c1-6(2)12-7(3)11(14(18)19)9-4-8(16)5-10(15)13(9)17-12/h4-6H,1-3H3,(H,18,19). The van der Waals surface area contributed by atoms with Gasteiger partial charge in [-0.3, -0.25) is 4.98 Å². The van der Waals surface area contributed by atoms with E-state index in [0.717, 1.165) is 5.69 Å². The lowest BCUT2D eigenvalue weighted by molar-refractivity contribution is 0.0698. The molecule has 0 amide bonds. The molecule has 0 unspecified atom stereocenters. The summed E-state index contributed by atoms with van der Waals surface area (Å²) in [4.78, 5) is 15.9. The number of carboxylic acids is 1. The molecular weight excluding hydrogens is 313 g/mol. The Balaban J connectivity index is 3.00. The van der Waals surface area contributed by atoms with Gasteiger partial charge in [-0.25, -0.2) is 9.18 Å². The molecule has 0 aliphatic carbocycles. The third-order valence-electron chi connectivity index (χ3n) is 3.05. The number of carbonyl (C=O) groups is 1. The van der Waals surface area contributed by atoms with Crippen molar-refractivity contribution in [1.82, 2.24) is 4.98 Å². The van der Waals surface area contributed by atoms with Crippen LogP contribution in [0.2, 0.25) is 0 Å². The van der Waals surface area contributed by atoms with E-state index in [1.807, 2.05) is 13.8 Å².